The molecule has 0 saturated heterocycles. The highest BCUT2D eigenvalue weighted by molar-refractivity contribution is 7.17. The molecule has 132 valence electrons. The average molecular weight is 366 g/mol. The van der Waals surface area contributed by atoms with Crippen LogP contribution in [0.1, 0.15) is 30.6 Å². The van der Waals surface area contributed by atoms with Crippen LogP contribution in [0.4, 0.5) is 0 Å². The monoisotopic (exact) mass is 366 g/mol. The van der Waals surface area contributed by atoms with Gasteiger partial charge in [-0.2, -0.15) is 4.98 Å². The molecule has 0 unspecified atom stereocenters. The highest BCUT2D eigenvalue weighted by Gasteiger charge is 2.15. The molecule has 7 heteroatoms. The first-order valence-electron chi connectivity index (χ1n) is 8.51. The van der Waals surface area contributed by atoms with Crippen LogP contribution in [0.5, 0.6) is 0 Å². The van der Waals surface area contributed by atoms with Gasteiger partial charge in [0, 0.05) is 17.4 Å². The van der Waals surface area contributed by atoms with Gasteiger partial charge in [0.25, 0.3) is 5.56 Å². The Hall–Kier alpha value is -2.80. The molecular formula is C19H18N4O2S. The van der Waals surface area contributed by atoms with Crippen molar-refractivity contribution >= 4 is 21.6 Å². The lowest BCUT2D eigenvalue weighted by Crippen LogP contribution is -2.21. The van der Waals surface area contributed by atoms with E-state index in [9.17, 15) is 4.79 Å². The lowest BCUT2D eigenvalue weighted by molar-refractivity contribution is 0.364. The predicted molar refractivity (Wildman–Crippen MR) is 101 cm³/mol. The maximum absolute atomic E-state index is 13.0. The molecule has 0 aliphatic heterocycles. The van der Waals surface area contributed by atoms with Gasteiger partial charge >= 0.3 is 0 Å². The van der Waals surface area contributed by atoms with Crippen molar-refractivity contribution in [3.8, 4) is 11.1 Å². The summed E-state index contributed by atoms with van der Waals surface area (Å²) in [6.45, 7) is 4.32. The number of aromatic nitrogens is 4. The Labute approximate surface area is 154 Å². The van der Waals surface area contributed by atoms with Gasteiger partial charge in [-0.15, -0.1) is 11.3 Å². The van der Waals surface area contributed by atoms with E-state index in [4.69, 9.17) is 4.52 Å². The van der Waals surface area contributed by atoms with Crippen molar-refractivity contribution in [2.24, 2.45) is 0 Å². The minimum atomic E-state index is -0.0953. The van der Waals surface area contributed by atoms with E-state index in [0.717, 1.165) is 28.8 Å². The fourth-order valence-electron chi connectivity index (χ4n) is 2.85. The van der Waals surface area contributed by atoms with Crippen LogP contribution in [0.15, 0.2) is 45.3 Å². The largest absolute Gasteiger partial charge is 0.337 e. The molecule has 1 aromatic carbocycles. The highest BCUT2D eigenvalue weighted by Crippen LogP contribution is 2.30. The third-order valence-corrected chi connectivity index (χ3v) is 5.10. The zero-order valence-corrected chi connectivity index (χ0v) is 15.4. The highest BCUT2D eigenvalue weighted by atomic mass is 32.1. The van der Waals surface area contributed by atoms with Crippen LogP contribution in [0.25, 0.3) is 21.3 Å². The molecule has 0 aliphatic rings. The third-order valence-electron chi connectivity index (χ3n) is 4.21. The lowest BCUT2D eigenvalue weighted by atomic mass is 10.1. The summed E-state index contributed by atoms with van der Waals surface area (Å²) in [6, 6.07) is 8.15. The van der Waals surface area contributed by atoms with Crippen LogP contribution < -0.4 is 5.56 Å². The van der Waals surface area contributed by atoms with E-state index in [1.165, 1.54) is 21.5 Å². The van der Waals surface area contributed by atoms with Gasteiger partial charge in [-0.25, -0.2) is 4.98 Å². The van der Waals surface area contributed by atoms with Gasteiger partial charge in [0.1, 0.15) is 11.4 Å². The Morgan fingerprint density at radius 1 is 1.23 bits per heavy atom. The number of rotatable bonds is 5. The third kappa shape index (κ3) is 3.06. The average Bonchev–Trinajstić information content (AvgIpc) is 3.26. The van der Waals surface area contributed by atoms with E-state index in [0.29, 0.717) is 17.1 Å². The summed E-state index contributed by atoms with van der Waals surface area (Å²) in [6.07, 6.45) is 3.25. The van der Waals surface area contributed by atoms with Crippen molar-refractivity contribution in [2.75, 3.05) is 0 Å². The van der Waals surface area contributed by atoms with E-state index in [-0.39, 0.29) is 12.1 Å². The summed E-state index contributed by atoms with van der Waals surface area (Å²) < 4.78 is 6.78. The quantitative estimate of drug-likeness (QED) is 0.537. The summed E-state index contributed by atoms with van der Waals surface area (Å²) in [7, 11) is 0. The maximum atomic E-state index is 13.0. The number of thiophene rings is 1. The molecule has 0 aliphatic carbocycles. The van der Waals surface area contributed by atoms with E-state index in [1.54, 1.807) is 6.33 Å². The minimum Gasteiger partial charge on any atom is -0.337 e. The second-order valence-corrected chi connectivity index (χ2v) is 7.09. The van der Waals surface area contributed by atoms with Crippen molar-refractivity contribution in [3.05, 3.63) is 63.6 Å². The van der Waals surface area contributed by atoms with Crippen LogP contribution in [0.3, 0.4) is 0 Å². The molecule has 0 radical (unpaired) electrons. The Balaban J connectivity index is 1.75. The topological polar surface area (TPSA) is 73.8 Å². The van der Waals surface area contributed by atoms with E-state index in [1.807, 2.05) is 36.6 Å². The predicted octanol–water partition coefficient (Wildman–Crippen LogP) is 3.82. The number of nitrogens with zero attached hydrogens (tertiary/aromatic N) is 4. The second kappa shape index (κ2) is 6.84. The van der Waals surface area contributed by atoms with Gasteiger partial charge in [-0.3, -0.25) is 9.36 Å². The number of hydrogen-bond donors (Lipinski definition) is 0. The van der Waals surface area contributed by atoms with Gasteiger partial charge in [-0.05, 0) is 18.9 Å². The van der Waals surface area contributed by atoms with Crippen molar-refractivity contribution in [1.29, 1.82) is 0 Å². The molecule has 3 aromatic heterocycles. The van der Waals surface area contributed by atoms with Crippen molar-refractivity contribution in [3.63, 3.8) is 0 Å². The second-order valence-electron chi connectivity index (χ2n) is 6.23. The molecule has 0 bridgehead atoms. The van der Waals surface area contributed by atoms with Crippen LogP contribution in [-0.2, 0) is 13.0 Å². The number of aryl methyl sites for hydroxylation is 2. The van der Waals surface area contributed by atoms with Crippen molar-refractivity contribution in [1.82, 2.24) is 19.7 Å². The fraction of sp³-hybridized carbons (Fsp3) is 0.263. The lowest BCUT2D eigenvalue weighted by Gasteiger charge is -2.04. The Morgan fingerprint density at radius 2 is 2.04 bits per heavy atom. The standard InChI is InChI=1S/C19H18N4O2S/c1-3-4-15-21-16(25-22-15)9-23-11-20-18-17(19(23)24)14(10-26-18)13-7-5-12(2)6-8-13/h5-8,10-11H,3-4,9H2,1-2H3. The van der Waals surface area contributed by atoms with Crippen LogP contribution in [0, 0.1) is 6.92 Å². The molecule has 0 N–H and O–H groups in total. The van der Waals surface area contributed by atoms with Gasteiger partial charge in [-0.1, -0.05) is 41.9 Å². The van der Waals surface area contributed by atoms with Crippen LogP contribution in [0.2, 0.25) is 0 Å². The molecular weight excluding hydrogens is 348 g/mol. The first-order valence-corrected chi connectivity index (χ1v) is 9.39. The molecule has 4 rings (SSSR count). The van der Waals surface area contributed by atoms with E-state index >= 15 is 0 Å². The summed E-state index contributed by atoms with van der Waals surface area (Å²) in [5, 5.41) is 6.56. The van der Waals surface area contributed by atoms with Gasteiger partial charge in [0.15, 0.2) is 5.82 Å². The summed E-state index contributed by atoms with van der Waals surface area (Å²) in [4.78, 5) is 22.5. The number of benzene rings is 1. The van der Waals surface area contributed by atoms with E-state index in [2.05, 4.69) is 22.0 Å². The SMILES string of the molecule is CCCc1noc(Cn2cnc3scc(-c4ccc(C)cc4)c3c2=O)n1. The number of hydrogen-bond acceptors (Lipinski definition) is 6. The van der Waals surface area contributed by atoms with Crippen molar-refractivity contribution < 1.29 is 4.52 Å². The molecule has 0 saturated carbocycles. The molecule has 0 atom stereocenters. The number of fused-ring (bicyclic) bond motifs is 1. The minimum absolute atomic E-state index is 0.0953. The molecule has 0 amide bonds. The Kier molecular flexibility index (Phi) is 4.38. The van der Waals surface area contributed by atoms with Gasteiger partial charge in [0.05, 0.1) is 11.7 Å². The molecule has 0 spiro atoms. The zero-order chi connectivity index (χ0) is 18.1. The Bertz CT molecular complexity index is 1110. The van der Waals surface area contributed by atoms with Crippen molar-refractivity contribution in [2.45, 2.75) is 33.2 Å². The molecule has 26 heavy (non-hydrogen) atoms. The molecule has 3 heterocycles. The summed E-state index contributed by atoms with van der Waals surface area (Å²) >= 11 is 1.48. The molecule has 0 fully saturated rings. The first-order chi connectivity index (χ1) is 12.7. The first kappa shape index (κ1) is 16.7. The van der Waals surface area contributed by atoms with Gasteiger partial charge in [0.2, 0.25) is 5.89 Å². The fourth-order valence-corrected chi connectivity index (χ4v) is 3.76. The Morgan fingerprint density at radius 3 is 2.81 bits per heavy atom. The smallest absolute Gasteiger partial charge is 0.263 e. The normalized spacial score (nSPS) is 11.3. The summed E-state index contributed by atoms with van der Waals surface area (Å²) in [5.74, 6) is 1.09. The summed E-state index contributed by atoms with van der Waals surface area (Å²) in [5.41, 5.74) is 3.01. The zero-order valence-electron chi connectivity index (χ0n) is 14.6. The van der Waals surface area contributed by atoms with Crippen LogP contribution >= 0.6 is 11.3 Å². The van der Waals surface area contributed by atoms with Crippen LogP contribution in [-0.4, -0.2) is 19.7 Å². The van der Waals surface area contributed by atoms with Gasteiger partial charge < -0.3 is 4.52 Å². The molecule has 6 nitrogen and oxygen atoms in total. The molecule has 4 aromatic rings. The maximum Gasteiger partial charge on any atom is 0.263 e. The van der Waals surface area contributed by atoms with E-state index < -0.39 is 0 Å².